The summed E-state index contributed by atoms with van der Waals surface area (Å²) in [7, 11) is 0. The number of thioether (sulfide) groups is 1. The number of amides is 1. The molecule has 0 unspecified atom stereocenters. The summed E-state index contributed by atoms with van der Waals surface area (Å²) in [6.07, 6.45) is 5.76. The summed E-state index contributed by atoms with van der Waals surface area (Å²) in [5, 5.41) is 10.2. The Bertz CT molecular complexity index is 455. The Balaban J connectivity index is 1.86. The third kappa shape index (κ3) is 4.34. The van der Waals surface area contributed by atoms with Crippen LogP contribution in [-0.2, 0) is 9.59 Å². The molecule has 0 aromatic carbocycles. The zero-order valence-electron chi connectivity index (χ0n) is 10.8. The van der Waals surface area contributed by atoms with E-state index in [0.717, 1.165) is 24.6 Å². The van der Waals surface area contributed by atoms with E-state index >= 15 is 0 Å². The van der Waals surface area contributed by atoms with E-state index in [9.17, 15) is 9.59 Å². The van der Waals surface area contributed by atoms with Gasteiger partial charge in [-0.15, -0.1) is 5.10 Å². The topological polar surface area (TPSA) is 85.1 Å². The quantitative estimate of drug-likeness (QED) is 0.912. The molecule has 2 rings (SSSR count). The minimum atomic E-state index is -0.306. The highest BCUT2D eigenvalue weighted by Gasteiger charge is 2.21. The zero-order valence-corrected chi connectivity index (χ0v) is 11.7. The van der Waals surface area contributed by atoms with Crippen LogP contribution in [0.4, 0.5) is 6.01 Å². The summed E-state index contributed by atoms with van der Waals surface area (Å²) in [5.41, 5.74) is 0. The number of nitrogens with zero attached hydrogens (tertiary/aromatic N) is 2. The molecule has 0 aliphatic heterocycles. The molecule has 19 heavy (non-hydrogen) atoms. The van der Waals surface area contributed by atoms with E-state index in [1.807, 2.05) is 0 Å². The maximum absolute atomic E-state index is 11.5. The second-order valence-corrected chi connectivity index (χ2v) is 5.76. The lowest BCUT2D eigenvalue weighted by Gasteiger charge is -2.17. The van der Waals surface area contributed by atoms with Gasteiger partial charge in [-0.3, -0.25) is 14.9 Å². The summed E-state index contributed by atoms with van der Waals surface area (Å²) in [4.78, 5) is 22.2. The van der Waals surface area contributed by atoms with Gasteiger partial charge in [0.1, 0.15) is 0 Å². The fraction of sp³-hybridized carbons (Fsp3) is 0.667. The number of aromatic nitrogens is 2. The molecule has 1 amide bonds. The lowest BCUT2D eigenvalue weighted by atomic mass is 9.89. The summed E-state index contributed by atoms with van der Waals surface area (Å²) < 4.78 is 5.45. The summed E-state index contributed by atoms with van der Waals surface area (Å²) in [6, 6.07) is 0.120. The Morgan fingerprint density at radius 2 is 2.05 bits per heavy atom. The molecule has 6 nitrogen and oxygen atoms in total. The van der Waals surface area contributed by atoms with Crippen molar-refractivity contribution in [3.63, 3.8) is 0 Å². The van der Waals surface area contributed by atoms with Crippen LogP contribution in [0.2, 0.25) is 0 Å². The highest BCUT2D eigenvalue weighted by Crippen LogP contribution is 2.32. The molecule has 0 saturated heterocycles. The summed E-state index contributed by atoms with van der Waals surface area (Å²) >= 11 is 0.953. The standard InChI is InChI=1S/C12H17N3O3S/c1-8(16)19-7-10(17)13-12-15-14-11(18-12)9-5-3-2-4-6-9/h9H,2-7H2,1H3,(H,13,15,17). The van der Waals surface area contributed by atoms with Crippen molar-refractivity contribution in [1.29, 1.82) is 0 Å². The first-order valence-corrected chi connectivity index (χ1v) is 7.40. The Hall–Kier alpha value is -1.37. The largest absolute Gasteiger partial charge is 0.408 e. The Morgan fingerprint density at radius 3 is 2.74 bits per heavy atom. The number of anilines is 1. The van der Waals surface area contributed by atoms with Crippen molar-refractivity contribution < 1.29 is 14.0 Å². The van der Waals surface area contributed by atoms with Crippen LogP contribution in [0.5, 0.6) is 0 Å². The van der Waals surface area contributed by atoms with Crippen molar-refractivity contribution in [3.05, 3.63) is 5.89 Å². The van der Waals surface area contributed by atoms with Crippen LogP contribution in [-0.4, -0.2) is 27.0 Å². The van der Waals surface area contributed by atoms with E-state index in [-0.39, 0.29) is 22.8 Å². The van der Waals surface area contributed by atoms with Gasteiger partial charge in [0.05, 0.1) is 5.75 Å². The molecule has 0 radical (unpaired) electrons. The SMILES string of the molecule is CC(=O)SCC(=O)Nc1nnc(C2CCCCC2)o1. The molecule has 0 atom stereocenters. The van der Waals surface area contributed by atoms with Gasteiger partial charge >= 0.3 is 6.01 Å². The Labute approximate surface area is 115 Å². The second kappa shape index (κ2) is 6.70. The van der Waals surface area contributed by atoms with Crippen LogP contribution in [0.1, 0.15) is 50.8 Å². The smallest absolute Gasteiger partial charge is 0.322 e. The van der Waals surface area contributed by atoms with E-state index in [1.54, 1.807) is 0 Å². The van der Waals surface area contributed by atoms with Crippen LogP contribution in [0, 0.1) is 0 Å². The molecule has 1 aromatic rings. The average molecular weight is 283 g/mol. The van der Waals surface area contributed by atoms with Gasteiger partial charge in [0.25, 0.3) is 0 Å². The summed E-state index contributed by atoms with van der Waals surface area (Å²) in [5.74, 6) is 0.683. The fourth-order valence-electron chi connectivity index (χ4n) is 2.12. The molecule has 1 saturated carbocycles. The lowest BCUT2D eigenvalue weighted by Crippen LogP contribution is -2.15. The molecular weight excluding hydrogens is 266 g/mol. The zero-order chi connectivity index (χ0) is 13.7. The Kier molecular flexibility index (Phi) is 4.95. The van der Waals surface area contributed by atoms with Gasteiger partial charge in [0.2, 0.25) is 11.8 Å². The number of hydrogen-bond acceptors (Lipinski definition) is 6. The third-order valence-corrected chi connectivity index (χ3v) is 3.86. The molecule has 1 heterocycles. The minimum Gasteiger partial charge on any atom is -0.408 e. The van der Waals surface area contributed by atoms with Gasteiger partial charge in [-0.1, -0.05) is 36.1 Å². The third-order valence-electron chi connectivity index (χ3n) is 3.05. The molecule has 0 spiro atoms. The van der Waals surface area contributed by atoms with Crippen LogP contribution in [0.3, 0.4) is 0 Å². The van der Waals surface area contributed by atoms with Crippen molar-refractivity contribution in [1.82, 2.24) is 10.2 Å². The van der Waals surface area contributed by atoms with Gasteiger partial charge in [-0.05, 0) is 12.8 Å². The molecule has 104 valence electrons. The fourth-order valence-corrected chi connectivity index (χ4v) is 2.53. The van der Waals surface area contributed by atoms with Gasteiger partial charge < -0.3 is 4.42 Å². The monoisotopic (exact) mass is 283 g/mol. The average Bonchev–Trinajstić information content (AvgIpc) is 2.86. The molecule has 0 bridgehead atoms. The van der Waals surface area contributed by atoms with Crippen molar-refractivity contribution in [2.24, 2.45) is 0 Å². The normalized spacial score (nSPS) is 16.3. The highest BCUT2D eigenvalue weighted by atomic mass is 32.2. The first-order chi connectivity index (χ1) is 9.15. The van der Waals surface area contributed by atoms with E-state index in [0.29, 0.717) is 11.8 Å². The van der Waals surface area contributed by atoms with Gasteiger partial charge in [0.15, 0.2) is 5.12 Å². The number of carbonyl (C=O) groups excluding carboxylic acids is 2. The number of hydrogen-bond donors (Lipinski definition) is 1. The maximum atomic E-state index is 11.5. The molecule has 1 aliphatic carbocycles. The van der Waals surface area contributed by atoms with E-state index in [4.69, 9.17) is 4.42 Å². The van der Waals surface area contributed by atoms with Crippen LogP contribution in [0.25, 0.3) is 0 Å². The van der Waals surface area contributed by atoms with E-state index < -0.39 is 0 Å². The maximum Gasteiger partial charge on any atom is 0.322 e. The van der Waals surface area contributed by atoms with Crippen molar-refractivity contribution in [2.75, 3.05) is 11.1 Å². The number of rotatable bonds is 4. The first-order valence-electron chi connectivity index (χ1n) is 6.42. The van der Waals surface area contributed by atoms with Crippen molar-refractivity contribution in [3.8, 4) is 0 Å². The summed E-state index contributed by atoms with van der Waals surface area (Å²) in [6.45, 7) is 1.42. The minimum absolute atomic E-state index is 0.0659. The molecule has 1 aliphatic rings. The highest BCUT2D eigenvalue weighted by molar-refractivity contribution is 8.14. The predicted octanol–water partition coefficient (Wildman–Crippen LogP) is 2.34. The number of nitrogens with one attached hydrogen (secondary N) is 1. The predicted molar refractivity (Wildman–Crippen MR) is 71.9 cm³/mol. The molecule has 7 heteroatoms. The van der Waals surface area contributed by atoms with Gasteiger partial charge in [0, 0.05) is 12.8 Å². The molecule has 1 aromatic heterocycles. The van der Waals surface area contributed by atoms with Crippen LogP contribution >= 0.6 is 11.8 Å². The number of carbonyl (C=O) groups is 2. The van der Waals surface area contributed by atoms with E-state index in [2.05, 4.69) is 15.5 Å². The molecule has 1 N–H and O–H groups in total. The Morgan fingerprint density at radius 1 is 1.32 bits per heavy atom. The lowest BCUT2D eigenvalue weighted by molar-refractivity contribution is -0.114. The van der Waals surface area contributed by atoms with E-state index in [1.165, 1.54) is 26.2 Å². The van der Waals surface area contributed by atoms with Gasteiger partial charge in [-0.25, -0.2) is 0 Å². The van der Waals surface area contributed by atoms with Crippen LogP contribution < -0.4 is 5.32 Å². The molecular formula is C12H17N3O3S. The van der Waals surface area contributed by atoms with Crippen molar-refractivity contribution in [2.45, 2.75) is 44.9 Å². The second-order valence-electron chi connectivity index (χ2n) is 4.61. The molecule has 1 fully saturated rings. The first kappa shape index (κ1) is 14.0. The van der Waals surface area contributed by atoms with Crippen LogP contribution in [0.15, 0.2) is 4.42 Å². The van der Waals surface area contributed by atoms with Crippen molar-refractivity contribution >= 4 is 28.8 Å². The van der Waals surface area contributed by atoms with Gasteiger partial charge in [-0.2, -0.15) is 0 Å².